The minimum atomic E-state index is -1.19. The third-order valence-corrected chi connectivity index (χ3v) is 2.83. The highest BCUT2D eigenvalue weighted by Gasteiger charge is 2.30. The maximum absolute atomic E-state index is 12.7. The zero-order chi connectivity index (χ0) is 12.4. The Bertz CT molecular complexity index is 444. The van der Waals surface area contributed by atoms with E-state index in [9.17, 15) is 19.1 Å². The first kappa shape index (κ1) is 11.6. The molecule has 0 saturated carbocycles. The van der Waals surface area contributed by atoms with Crippen molar-refractivity contribution < 1.29 is 19.1 Å². The molecule has 5 heteroatoms. The van der Waals surface area contributed by atoms with Gasteiger partial charge in [0, 0.05) is 31.4 Å². The van der Waals surface area contributed by atoms with Crippen LogP contribution in [0.2, 0.25) is 0 Å². The predicted octanol–water partition coefficient (Wildman–Crippen LogP) is -0.0759. The van der Waals surface area contributed by atoms with Crippen LogP contribution in [-0.2, 0) is 16.1 Å². The fourth-order valence-corrected chi connectivity index (χ4v) is 1.89. The van der Waals surface area contributed by atoms with Crippen LogP contribution >= 0.6 is 0 Å². The average Bonchev–Trinajstić information content (AvgIpc) is 2.64. The van der Waals surface area contributed by atoms with Crippen molar-refractivity contribution in [3.63, 3.8) is 0 Å². The monoisotopic (exact) mass is 236 g/mol. The highest BCUT2D eigenvalue weighted by molar-refractivity contribution is 5.85. The quantitative estimate of drug-likeness (QED) is 0.737. The summed E-state index contributed by atoms with van der Waals surface area (Å²) in [7, 11) is 0. The molecule has 1 heterocycles. The second-order valence-corrected chi connectivity index (χ2v) is 4.12. The number of amides is 1. The average molecular weight is 236 g/mol. The van der Waals surface area contributed by atoms with Gasteiger partial charge in [0.05, 0.1) is 0 Å². The minimum absolute atomic E-state index is 0.0104. The van der Waals surface area contributed by atoms with E-state index in [-0.39, 0.29) is 24.7 Å². The summed E-state index contributed by atoms with van der Waals surface area (Å²) in [4.78, 5) is 23.6. The third kappa shape index (κ3) is 2.61. The standard InChI is InChI=1S/C12H12FNO3/c13-10-3-1-8(2-4-10)6-14-7-9(12(16)17)5-11(14)15/h1-4,9H,5-7H2,(H,16,17)/p-1. The summed E-state index contributed by atoms with van der Waals surface area (Å²) in [5.74, 6) is -2.47. The molecule has 0 aromatic heterocycles. The molecule has 0 radical (unpaired) electrons. The van der Waals surface area contributed by atoms with E-state index in [1.165, 1.54) is 17.0 Å². The molecule has 1 fully saturated rings. The lowest BCUT2D eigenvalue weighted by Crippen LogP contribution is -2.33. The number of carboxylic acids is 1. The van der Waals surface area contributed by atoms with Gasteiger partial charge in [-0.05, 0) is 17.7 Å². The number of hydrogen-bond acceptors (Lipinski definition) is 3. The molecule has 0 bridgehead atoms. The zero-order valence-corrected chi connectivity index (χ0v) is 9.06. The van der Waals surface area contributed by atoms with E-state index in [4.69, 9.17) is 0 Å². The summed E-state index contributed by atoms with van der Waals surface area (Å²) < 4.78 is 12.7. The van der Waals surface area contributed by atoms with Crippen LogP contribution < -0.4 is 5.11 Å². The van der Waals surface area contributed by atoms with Crippen LogP contribution in [0.1, 0.15) is 12.0 Å². The number of halogens is 1. The largest absolute Gasteiger partial charge is 0.550 e. The molecule has 1 aromatic rings. The van der Waals surface area contributed by atoms with Crippen molar-refractivity contribution in [1.29, 1.82) is 0 Å². The molecule has 1 saturated heterocycles. The van der Waals surface area contributed by atoms with Gasteiger partial charge in [-0.1, -0.05) is 12.1 Å². The van der Waals surface area contributed by atoms with E-state index in [0.29, 0.717) is 6.54 Å². The number of hydrogen-bond donors (Lipinski definition) is 0. The van der Waals surface area contributed by atoms with E-state index in [0.717, 1.165) is 5.56 Å². The molecule has 4 nitrogen and oxygen atoms in total. The number of carbonyl (C=O) groups is 2. The van der Waals surface area contributed by atoms with Gasteiger partial charge in [0.25, 0.3) is 0 Å². The second kappa shape index (κ2) is 4.53. The molecule has 0 N–H and O–H groups in total. The predicted molar refractivity (Wildman–Crippen MR) is 54.9 cm³/mol. The SMILES string of the molecule is O=C([O-])C1CC(=O)N(Cc2ccc(F)cc2)C1. The van der Waals surface area contributed by atoms with E-state index < -0.39 is 11.9 Å². The Hall–Kier alpha value is -1.91. The van der Waals surface area contributed by atoms with Crippen molar-refractivity contribution in [2.75, 3.05) is 6.54 Å². The molecule has 1 atom stereocenters. The first-order valence-corrected chi connectivity index (χ1v) is 5.29. The van der Waals surface area contributed by atoms with Crippen LogP contribution in [0, 0.1) is 11.7 Å². The Labute approximate surface area is 97.7 Å². The lowest BCUT2D eigenvalue weighted by Gasteiger charge is -2.17. The van der Waals surface area contributed by atoms with Gasteiger partial charge in [-0.2, -0.15) is 0 Å². The van der Waals surface area contributed by atoms with Gasteiger partial charge < -0.3 is 14.8 Å². The van der Waals surface area contributed by atoms with Crippen molar-refractivity contribution in [3.05, 3.63) is 35.6 Å². The number of likely N-dealkylation sites (tertiary alicyclic amines) is 1. The minimum Gasteiger partial charge on any atom is -0.550 e. The Morgan fingerprint density at radius 1 is 1.41 bits per heavy atom. The van der Waals surface area contributed by atoms with Crippen LogP contribution in [-0.4, -0.2) is 23.3 Å². The lowest BCUT2D eigenvalue weighted by atomic mass is 10.1. The summed E-state index contributed by atoms with van der Waals surface area (Å²) in [5.41, 5.74) is 0.777. The molecule has 17 heavy (non-hydrogen) atoms. The van der Waals surface area contributed by atoms with Crippen LogP contribution in [0.3, 0.4) is 0 Å². The smallest absolute Gasteiger partial charge is 0.223 e. The zero-order valence-electron chi connectivity index (χ0n) is 9.06. The molecular formula is C12H11FNO3-. The Morgan fingerprint density at radius 3 is 2.59 bits per heavy atom. The number of carbonyl (C=O) groups excluding carboxylic acids is 2. The van der Waals surface area contributed by atoms with Crippen molar-refractivity contribution >= 4 is 11.9 Å². The van der Waals surface area contributed by atoms with Gasteiger partial charge in [0.2, 0.25) is 5.91 Å². The molecule has 1 aliphatic heterocycles. The van der Waals surface area contributed by atoms with E-state index in [1.54, 1.807) is 12.1 Å². The van der Waals surface area contributed by atoms with Crippen LogP contribution in [0.4, 0.5) is 4.39 Å². The van der Waals surface area contributed by atoms with Gasteiger partial charge in [-0.15, -0.1) is 0 Å². The summed E-state index contributed by atoms with van der Waals surface area (Å²) in [6.45, 7) is 0.474. The van der Waals surface area contributed by atoms with Crippen LogP contribution in [0.5, 0.6) is 0 Å². The van der Waals surface area contributed by atoms with Crippen molar-refractivity contribution in [1.82, 2.24) is 4.90 Å². The molecule has 90 valence electrons. The number of aliphatic carboxylic acids is 1. The van der Waals surface area contributed by atoms with Crippen LogP contribution in [0.25, 0.3) is 0 Å². The maximum atomic E-state index is 12.7. The van der Waals surface area contributed by atoms with Gasteiger partial charge in [0.15, 0.2) is 0 Å². The molecule has 1 aromatic carbocycles. The van der Waals surface area contributed by atoms with Gasteiger partial charge in [-0.25, -0.2) is 4.39 Å². The van der Waals surface area contributed by atoms with Crippen molar-refractivity contribution in [2.24, 2.45) is 5.92 Å². The van der Waals surface area contributed by atoms with Gasteiger partial charge in [0.1, 0.15) is 5.82 Å². The molecule has 1 aliphatic rings. The van der Waals surface area contributed by atoms with E-state index in [1.807, 2.05) is 0 Å². The lowest BCUT2D eigenvalue weighted by molar-refractivity contribution is -0.311. The first-order chi connectivity index (χ1) is 8.06. The Balaban J connectivity index is 2.02. The number of rotatable bonds is 3. The topological polar surface area (TPSA) is 60.4 Å². The Kier molecular flexibility index (Phi) is 3.08. The highest BCUT2D eigenvalue weighted by atomic mass is 19.1. The maximum Gasteiger partial charge on any atom is 0.223 e. The summed E-state index contributed by atoms with van der Waals surface area (Å²) in [6.07, 6.45) is -0.0104. The number of benzene rings is 1. The Morgan fingerprint density at radius 2 is 2.06 bits per heavy atom. The molecule has 2 rings (SSSR count). The summed E-state index contributed by atoms with van der Waals surface area (Å²) in [6, 6.07) is 5.78. The fourth-order valence-electron chi connectivity index (χ4n) is 1.89. The van der Waals surface area contributed by atoms with Crippen molar-refractivity contribution in [3.8, 4) is 0 Å². The highest BCUT2D eigenvalue weighted by Crippen LogP contribution is 2.19. The molecule has 0 spiro atoms. The molecule has 0 aliphatic carbocycles. The van der Waals surface area contributed by atoms with Crippen LogP contribution in [0.15, 0.2) is 24.3 Å². The summed E-state index contributed by atoms with van der Waals surface area (Å²) >= 11 is 0. The first-order valence-electron chi connectivity index (χ1n) is 5.29. The molecule has 1 unspecified atom stereocenters. The number of carboxylic acid groups (broad SMARTS) is 1. The second-order valence-electron chi connectivity index (χ2n) is 4.12. The molecule has 1 amide bonds. The van der Waals surface area contributed by atoms with E-state index >= 15 is 0 Å². The fraction of sp³-hybridized carbons (Fsp3) is 0.333. The summed E-state index contributed by atoms with van der Waals surface area (Å²) in [5, 5.41) is 10.7. The third-order valence-electron chi connectivity index (χ3n) is 2.83. The van der Waals surface area contributed by atoms with Gasteiger partial charge >= 0.3 is 0 Å². The van der Waals surface area contributed by atoms with Gasteiger partial charge in [-0.3, -0.25) is 4.79 Å². The van der Waals surface area contributed by atoms with Crippen molar-refractivity contribution in [2.45, 2.75) is 13.0 Å². The van der Waals surface area contributed by atoms with E-state index in [2.05, 4.69) is 0 Å². The number of nitrogens with zero attached hydrogens (tertiary/aromatic N) is 1. The normalized spacial score (nSPS) is 19.7. The molecular weight excluding hydrogens is 225 g/mol.